The largest absolute Gasteiger partial charge is 0.492 e. The van der Waals surface area contributed by atoms with Gasteiger partial charge in [0.25, 0.3) is 0 Å². The number of aliphatic hydroxyl groups is 1. The summed E-state index contributed by atoms with van der Waals surface area (Å²) in [6, 6.07) is 2.75. The second kappa shape index (κ2) is 9.25. The van der Waals surface area contributed by atoms with Crippen molar-refractivity contribution in [3.63, 3.8) is 0 Å². The summed E-state index contributed by atoms with van der Waals surface area (Å²) in [7, 11) is 0. The van der Waals surface area contributed by atoms with Crippen LogP contribution < -0.4 is 10.1 Å². The van der Waals surface area contributed by atoms with Gasteiger partial charge in [-0.2, -0.15) is 0 Å². The van der Waals surface area contributed by atoms with Crippen molar-refractivity contribution in [1.82, 2.24) is 10.2 Å². The molecule has 2 heterocycles. The smallest absolute Gasteiger partial charge is 0.305 e. The molecule has 3 N–H and O–H groups in total. The minimum atomic E-state index is -1.05. The maximum atomic E-state index is 12.1. The van der Waals surface area contributed by atoms with Gasteiger partial charge in [-0.1, -0.05) is 30.9 Å². The molecule has 1 unspecified atom stereocenters. The van der Waals surface area contributed by atoms with E-state index in [2.05, 4.69) is 10.3 Å². The number of aliphatic carboxylic acids is 1. The summed E-state index contributed by atoms with van der Waals surface area (Å²) in [6.07, 6.45) is 4.51. The van der Waals surface area contributed by atoms with Gasteiger partial charge in [0, 0.05) is 12.2 Å². The lowest BCUT2D eigenvalue weighted by Crippen LogP contribution is -2.38. The number of unbranched alkanes of at least 4 members (excludes halogenated alkanes) is 4. The predicted octanol–water partition coefficient (Wildman–Crippen LogP) is 2.44. The SMILES string of the molecule is O=C(O)CC1C(=O)NC2=Nc3ccc(OCCCCCCCO)c(Cl)c3CN21. The quantitative estimate of drug-likeness (QED) is 0.512. The van der Waals surface area contributed by atoms with E-state index >= 15 is 0 Å². The summed E-state index contributed by atoms with van der Waals surface area (Å²) in [5, 5.41) is 20.9. The lowest BCUT2D eigenvalue weighted by atomic mass is 10.1. The van der Waals surface area contributed by atoms with E-state index in [-0.39, 0.29) is 18.9 Å². The third-order valence-corrected chi connectivity index (χ3v) is 5.27. The highest BCUT2D eigenvalue weighted by atomic mass is 35.5. The van der Waals surface area contributed by atoms with Crippen molar-refractivity contribution in [3.8, 4) is 5.75 Å². The molecule has 1 fully saturated rings. The Morgan fingerprint density at radius 3 is 2.79 bits per heavy atom. The van der Waals surface area contributed by atoms with Crippen LogP contribution >= 0.6 is 11.6 Å². The first-order chi connectivity index (χ1) is 13.5. The van der Waals surface area contributed by atoms with Crippen LogP contribution in [0.4, 0.5) is 5.69 Å². The van der Waals surface area contributed by atoms with E-state index < -0.39 is 12.0 Å². The molecule has 0 aromatic heterocycles. The van der Waals surface area contributed by atoms with Gasteiger partial charge in [-0.05, 0) is 25.0 Å². The van der Waals surface area contributed by atoms with E-state index in [4.69, 9.17) is 26.6 Å². The molecule has 152 valence electrons. The Balaban J connectivity index is 1.64. The molecule has 0 aliphatic carbocycles. The maximum absolute atomic E-state index is 12.1. The van der Waals surface area contributed by atoms with Crippen LogP contribution in [0.3, 0.4) is 0 Å². The van der Waals surface area contributed by atoms with Crippen molar-refractivity contribution >= 4 is 35.1 Å². The normalized spacial score (nSPS) is 17.6. The number of carboxylic acid groups (broad SMARTS) is 1. The third kappa shape index (κ3) is 4.56. The molecule has 1 aromatic rings. The highest BCUT2D eigenvalue weighted by molar-refractivity contribution is 6.33. The highest BCUT2D eigenvalue weighted by Crippen LogP contribution is 2.39. The molecule has 28 heavy (non-hydrogen) atoms. The third-order valence-electron chi connectivity index (χ3n) is 4.85. The van der Waals surface area contributed by atoms with Gasteiger partial charge in [-0.15, -0.1) is 0 Å². The van der Waals surface area contributed by atoms with Crippen molar-refractivity contribution in [1.29, 1.82) is 0 Å². The summed E-state index contributed by atoms with van der Waals surface area (Å²) in [4.78, 5) is 29.2. The summed E-state index contributed by atoms with van der Waals surface area (Å²) in [5.41, 5.74) is 1.36. The van der Waals surface area contributed by atoms with E-state index in [9.17, 15) is 9.59 Å². The van der Waals surface area contributed by atoms with Crippen molar-refractivity contribution < 1.29 is 24.5 Å². The number of carbonyl (C=O) groups is 2. The highest BCUT2D eigenvalue weighted by Gasteiger charge is 2.40. The lowest BCUT2D eigenvalue weighted by molar-refractivity contribution is -0.140. The average Bonchev–Trinajstić information content (AvgIpc) is 2.95. The van der Waals surface area contributed by atoms with Crippen LogP contribution in [0.1, 0.15) is 44.1 Å². The number of fused-ring (bicyclic) bond motifs is 2. The van der Waals surface area contributed by atoms with Crippen LogP contribution in [-0.2, 0) is 16.1 Å². The van der Waals surface area contributed by atoms with Gasteiger partial charge >= 0.3 is 5.97 Å². The number of carboxylic acids is 1. The molecule has 0 spiro atoms. The molecule has 1 aromatic carbocycles. The van der Waals surface area contributed by atoms with Gasteiger partial charge in [-0.3, -0.25) is 14.9 Å². The molecular weight excluding hydrogens is 386 g/mol. The summed E-state index contributed by atoms with van der Waals surface area (Å²) in [6.45, 7) is 1.07. The van der Waals surface area contributed by atoms with Crippen LogP contribution in [-0.4, -0.2) is 52.2 Å². The lowest BCUT2D eigenvalue weighted by Gasteiger charge is -2.28. The first-order valence-electron chi connectivity index (χ1n) is 9.44. The molecular formula is C19H24ClN3O5. The summed E-state index contributed by atoms with van der Waals surface area (Å²) < 4.78 is 5.81. The molecule has 2 aliphatic rings. The van der Waals surface area contributed by atoms with Crippen LogP contribution in [0.15, 0.2) is 17.1 Å². The number of ether oxygens (including phenoxy) is 1. The molecule has 1 amide bonds. The molecule has 0 bridgehead atoms. The van der Waals surface area contributed by atoms with Crippen LogP contribution in [0.5, 0.6) is 5.75 Å². The fraction of sp³-hybridized carbons (Fsp3) is 0.526. The molecule has 2 aliphatic heterocycles. The fourth-order valence-electron chi connectivity index (χ4n) is 3.37. The van der Waals surface area contributed by atoms with Gasteiger partial charge in [0.2, 0.25) is 11.9 Å². The Morgan fingerprint density at radius 1 is 1.29 bits per heavy atom. The Labute approximate surface area is 168 Å². The molecule has 3 rings (SSSR count). The number of hydrogen-bond donors (Lipinski definition) is 3. The molecule has 1 saturated heterocycles. The summed E-state index contributed by atoms with van der Waals surface area (Å²) >= 11 is 6.52. The zero-order valence-corrected chi connectivity index (χ0v) is 16.2. The number of nitrogens with one attached hydrogen (secondary N) is 1. The van der Waals surface area contributed by atoms with Crippen molar-refractivity contribution in [2.75, 3.05) is 13.2 Å². The molecule has 9 heteroatoms. The van der Waals surface area contributed by atoms with Crippen molar-refractivity contribution in [3.05, 3.63) is 22.7 Å². The monoisotopic (exact) mass is 409 g/mol. The van der Waals surface area contributed by atoms with Gasteiger partial charge in [-0.25, -0.2) is 4.99 Å². The first-order valence-corrected chi connectivity index (χ1v) is 9.82. The first kappa shape index (κ1) is 20.4. The van der Waals surface area contributed by atoms with Crippen molar-refractivity contribution in [2.24, 2.45) is 4.99 Å². The van der Waals surface area contributed by atoms with Crippen LogP contribution in [0, 0.1) is 0 Å². The number of benzene rings is 1. The number of nitrogens with zero attached hydrogens (tertiary/aromatic N) is 2. The summed E-state index contributed by atoms with van der Waals surface area (Å²) in [5.74, 6) is -0.504. The second-order valence-corrected chi connectivity index (χ2v) is 7.26. The van der Waals surface area contributed by atoms with E-state index in [0.717, 1.165) is 37.7 Å². The number of aliphatic hydroxyl groups excluding tert-OH is 1. The Bertz CT molecular complexity index is 783. The zero-order valence-electron chi connectivity index (χ0n) is 15.5. The van der Waals surface area contributed by atoms with Crippen LogP contribution in [0.2, 0.25) is 5.02 Å². The molecule has 0 radical (unpaired) electrons. The Morgan fingerprint density at radius 2 is 2.04 bits per heavy atom. The number of hydrogen-bond acceptors (Lipinski definition) is 6. The number of carbonyl (C=O) groups excluding carboxylic acids is 1. The minimum absolute atomic E-state index is 0.233. The Hall–Kier alpha value is -2.32. The second-order valence-electron chi connectivity index (χ2n) is 6.88. The maximum Gasteiger partial charge on any atom is 0.305 e. The average molecular weight is 410 g/mol. The van der Waals surface area contributed by atoms with Gasteiger partial charge < -0.3 is 19.8 Å². The number of aliphatic imine (C=N–C) groups is 1. The van der Waals surface area contributed by atoms with E-state index in [0.29, 0.717) is 35.6 Å². The van der Waals surface area contributed by atoms with E-state index in [1.54, 1.807) is 17.0 Å². The molecule has 8 nitrogen and oxygen atoms in total. The van der Waals surface area contributed by atoms with E-state index in [1.807, 2.05) is 0 Å². The topological polar surface area (TPSA) is 111 Å². The van der Waals surface area contributed by atoms with Crippen molar-refractivity contribution in [2.45, 2.75) is 51.1 Å². The van der Waals surface area contributed by atoms with E-state index in [1.165, 1.54) is 0 Å². The van der Waals surface area contributed by atoms with Gasteiger partial charge in [0.05, 0.1) is 30.3 Å². The number of guanidine groups is 1. The number of amides is 1. The van der Waals surface area contributed by atoms with Gasteiger partial charge in [0.1, 0.15) is 11.8 Å². The Kier molecular flexibility index (Phi) is 6.74. The molecule has 1 atom stereocenters. The number of rotatable bonds is 10. The standard InChI is InChI=1S/C19H24ClN3O5/c20-17-12-11-23-14(10-16(25)26)18(27)22-19(23)21-13(12)6-7-15(17)28-9-5-3-1-2-4-8-24/h6-7,14,24H,1-5,8-11H2,(H,25,26)(H,21,22,27). The number of halogens is 1. The van der Waals surface area contributed by atoms with Crippen LogP contribution in [0.25, 0.3) is 0 Å². The fourth-order valence-corrected chi connectivity index (χ4v) is 3.64. The zero-order chi connectivity index (χ0) is 20.1. The minimum Gasteiger partial charge on any atom is -0.492 e. The predicted molar refractivity (Wildman–Crippen MR) is 104 cm³/mol. The van der Waals surface area contributed by atoms with Gasteiger partial charge in [0.15, 0.2) is 0 Å². The molecule has 0 saturated carbocycles.